The van der Waals surface area contributed by atoms with Gasteiger partial charge in [0.2, 0.25) is 5.95 Å². The second kappa shape index (κ2) is 7.30. The highest BCUT2D eigenvalue weighted by Crippen LogP contribution is 2.27. The van der Waals surface area contributed by atoms with Crippen LogP contribution in [0.3, 0.4) is 0 Å². The molecule has 0 bridgehead atoms. The molecule has 7 heteroatoms. The highest BCUT2D eigenvalue weighted by molar-refractivity contribution is 5.74. The van der Waals surface area contributed by atoms with Gasteiger partial charge in [-0.3, -0.25) is 9.78 Å². The molecule has 4 rings (SSSR count). The molecule has 0 amide bonds. The van der Waals surface area contributed by atoms with Crippen molar-refractivity contribution in [2.75, 3.05) is 5.32 Å². The Labute approximate surface area is 164 Å². The molecule has 0 atom stereocenters. The summed E-state index contributed by atoms with van der Waals surface area (Å²) in [5.74, 6) is 1.32. The number of rotatable bonds is 5. The van der Waals surface area contributed by atoms with Crippen molar-refractivity contribution in [3.8, 4) is 5.75 Å². The van der Waals surface area contributed by atoms with Crippen molar-refractivity contribution >= 4 is 17.0 Å². The van der Waals surface area contributed by atoms with Gasteiger partial charge in [-0.1, -0.05) is 18.2 Å². The third kappa shape index (κ3) is 3.74. The number of nitrogens with zero attached hydrogens (tertiary/aromatic N) is 3. The summed E-state index contributed by atoms with van der Waals surface area (Å²) in [7, 11) is 0. The second-order valence-corrected chi connectivity index (χ2v) is 8.36. The largest absolute Gasteiger partial charge is 0.490 e. The monoisotopic (exact) mass is 381 g/mol. The molecular formula is C21H27N5O2. The predicted octanol–water partition coefficient (Wildman–Crippen LogP) is 3.81. The van der Waals surface area contributed by atoms with Crippen LogP contribution >= 0.6 is 0 Å². The smallest absolute Gasteiger partial charge is 0.263 e. The summed E-state index contributed by atoms with van der Waals surface area (Å²) < 4.78 is 7.97. The average Bonchev–Trinajstić information content (AvgIpc) is 3.30. The van der Waals surface area contributed by atoms with Crippen molar-refractivity contribution < 1.29 is 4.74 Å². The van der Waals surface area contributed by atoms with Crippen molar-refractivity contribution in [3.63, 3.8) is 0 Å². The molecule has 7 nitrogen and oxygen atoms in total. The van der Waals surface area contributed by atoms with Crippen LogP contribution in [0.5, 0.6) is 5.75 Å². The fourth-order valence-corrected chi connectivity index (χ4v) is 3.62. The summed E-state index contributed by atoms with van der Waals surface area (Å²) in [5.41, 5.74) is 1.16. The van der Waals surface area contributed by atoms with Crippen molar-refractivity contribution in [1.82, 2.24) is 19.7 Å². The zero-order chi connectivity index (χ0) is 19.7. The van der Waals surface area contributed by atoms with Gasteiger partial charge in [-0.25, -0.2) is 4.68 Å². The molecule has 3 aromatic rings. The number of hydrogen-bond donors (Lipinski definition) is 2. The number of benzene rings is 1. The summed E-state index contributed by atoms with van der Waals surface area (Å²) in [6, 6.07) is 8.02. The Hall–Kier alpha value is -2.83. The molecule has 2 N–H and O–H groups in total. The first-order valence-corrected chi connectivity index (χ1v) is 9.89. The van der Waals surface area contributed by atoms with E-state index in [1.54, 1.807) is 10.9 Å². The predicted molar refractivity (Wildman–Crippen MR) is 110 cm³/mol. The minimum Gasteiger partial charge on any atom is -0.490 e. The minimum absolute atomic E-state index is 0.196. The summed E-state index contributed by atoms with van der Waals surface area (Å²) in [5, 5.41) is 8.08. The molecule has 1 aliphatic rings. The van der Waals surface area contributed by atoms with Crippen molar-refractivity contribution in [1.29, 1.82) is 0 Å². The van der Waals surface area contributed by atoms with Gasteiger partial charge in [-0.05, 0) is 52.5 Å². The molecule has 1 aromatic carbocycles. The van der Waals surface area contributed by atoms with Crippen LogP contribution in [0.4, 0.5) is 5.95 Å². The van der Waals surface area contributed by atoms with E-state index in [1.807, 2.05) is 45.0 Å². The van der Waals surface area contributed by atoms with E-state index in [4.69, 9.17) is 4.74 Å². The quantitative estimate of drug-likeness (QED) is 0.702. The molecule has 0 radical (unpaired) electrons. The first kappa shape index (κ1) is 18.5. The van der Waals surface area contributed by atoms with Crippen LogP contribution in [0.1, 0.15) is 52.0 Å². The number of fused-ring (bicyclic) bond motifs is 1. The number of aromatic nitrogens is 4. The van der Waals surface area contributed by atoms with Gasteiger partial charge in [0.1, 0.15) is 11.1 Å². The Morgan fingerprint density at radius 2 is 2.00 bits per heavy atom. The summed E-state index contributed by atoms with van der Waals surface area (Å²) >= 11 is 0. The third-order valence-electron chi connectivity index (χ3n) is 5.09. The van der Waals surface area contributed by atoms with E-state index in [-0.39, 0.29) is 11.1 Å². The maximum atomic E-state index is 12.4. The van der Waals surface area contributed by atoms with Crippen LogP contribution in [-0.2, 0) is 12.1 Å². The number of ether oxygens (including phenoxy) is 1. The van der Waals surface area contributed by atoms with Crippen LogP contribution in [0.2, 0.25) is 0 Å². The lowest BCUT2D eigenvalue weighted by Crippen LogP contribution is -2.24. The molecule has 1 fully saturated rings. The van der Waals surface area contributed by atoms with Gasteiger partial charge in [-0.15, -0.1) is 0 Å². The van der Waals surface area contributed by atoms with Crippen LogP contribution in [0.25, 0.3) is 11.0 Å². The summed E-state index contributed by atoms with van der Waals surface area (Å²) in [4.78, 5) is 19.8. The molecule has 1 aliphatic carbocycles. The zero-order valence-corrected chi connectivity index (χ0v) is 16.7. The number of nitrogens with one attached hydrogen (secondary N) is 2. The number of anilines is 1. The van der Waals surface area contributed by atoms with Crippen LogP contribution in [-0.4, -0.2) is 25.9 Å². The number of para-hydroxylation sites is 1. The topological polar surface area (TPSA) is 84.8 Å². The van der Waals surface area contributed by atoms with Gasteiger partial charge in [0.15, 0.2) is 5.65 Å². The Bertz CT molecular complexity index is 1030. The molecule has 2 heterocycles. The fourth-order valence-electron chi connectivity index (χ4n) is 3.62. The van der Waals surface area contributed by atoms with Gasteiger partial charge in [0.05, 0.1) is 17.8 Å². The standard InChI is InChI=1S/C21H27N5O2/c1-21(2,3)26-18-16(13-23-26)19(27)25-20(24-18)22-12-14-8-4-7-11-17(14)28-15-9-5-6-10-15/h4,7-8,11,13,15H,5-6,9-10,12H2,1-3H3,(H2,22,24,25,27). The average molecular weight is 381 g/mol. The Morgan fingerprint density at radius 3 is 2.75 bits per heavy atom. The Kier molecular flexibility index (Phi) is 4.83. The lowest BCUT2D eigenvalue weighted by Gasteiger charge is -2.20. The first-order valence-electron chi connectivity index (χ1n) is 9.89. The van der Waals surface area contributed by atoms with Gasteiger partial charge in [0.25, 0.3) is 5.56 Å². The first-order chi connectivity index (χ1) is 13.4. The van der Waals surface area contributed by atoms with E-state index in [1.165, 1.54) is 12.8 Å². The van der Waals surface area contributed by atoms with E-state index < -0.39 is 0 Å². The molecule has 0 spiro atoms. The Balaban J connectivity index is 1.57. The van der Waals surface area contributed by atoms with Gasteiger partial charge in [0, 0.05) is 12.1 Å². The zero-order valence-electron chi connectivity index (χ0n) is 16.7. The number of aromatic amines is 1. The molecule has 1 saturated carbocycles. The van der Waals surface area contributed by atoms with Crippen molar-refractivity contribution in [2.24, 2.45) is 0 Å². The van der Waals surface area contributed by atoms with Gasteiger partial charge < -0.3 is 10.1 Å². The second-order valence-electron chi connectivity index (χ2n) is 8.36. The van der Waals surface area contributed by atoms with Gasteiger partial charge in [-0.2, -0.15) is 10.1 Å². The Morgan fingerprint density at radius 1 is 1.25 bits per heavy atom. The SMILES string of the molecule is CC(C)(C)n1ncc2c(=O)[nH]c(NCc3ccccc3OC3CCCC3)nc21. The molecular weight excluding hydrogens is 354 g/mol. The number of H-pyrrole nitrogens is 1. The molecule has 0 aliphatic heterocycles. The molecule has 148 valence electrons. The van der Waals surface area contributed by atoms with Crippen molar-refractivity contribution in [2.45, 2.75) is 64.6 Å². The highest BCUT2D eigenvalue weighted by Gasteiger charge is 2.20. The van der Waals surface area contributed by atoms with E-state index in [0.717, 1.165) is 24.2 Å². The lowest BCUT2D eigenvalue weighted by molar-refractivity contribution is 0.208. The lowest BCUT2D eigenvalue weighted by atomic mass is 10.1. The normalized spacial score (nSPS) is 15.2. The summed E-state index contributed by atoms with van der Waals surface area (Å²) in [6.07, 6.45) is 6.57. The molecule has 0 saturated heterocycles. The minimum atomic E-state index is -0.262. The fraction of sp³-hybridized carbons (Fsp3) is 0.476. The molecule has 28 heavy (non-hydrogen) atoms. The van der Waals surface area contributed by atoms with Crippen LogP contribution < -0.4 is 15.6 Å². The molecule has 0 unspecified atom stereocenters. The number of hydrogen-bond acceptors (Lipinski definition) is 5. The van der Waals surface area contributed by atoms with E-state index in [2.05, 4.69) is 20.4 Å². The van der Waals surface area contributed by atoms with Gasteiger partial charge >= 0.3 is 0 Å². The summed E-state index contributed by atoms with van der Waals surface area (Å²) in [6.45, 7) is 6.62. The van der Waals surface area contributed by atoms with Crippen LogP contribution in [0.15, 0.2) is 35.3 Å². The van der Waals surface area contributed by atoms with E-state index in [0.29, 0.717) is 29.6 Å². The highest BCUT2D eigenvalue weighted by atomic mass is 16.5. The molecule has 2 aromatic heterocycles. The third-order valence-corrected chi connectivity index (χ3v) is 5.09. The van der Waals surface area contributed by atoms with Crippen molar-refractivity contribution in [3.05, 3.63) is 46.4 Å². The maximum absolute atomic E-state index is 12.4. The maximum Gasteiger partial charge on any atom is 0.263 e. The van der Waals surface area contributed by atoms with E-state index >= 15 is 0 Å². The van der Waals surface area contributed by atoms with E-state index in [9.17, 15) is 4.79 Å². The van der Waals surface area contributed by atoms with Crippen LogP contribution in [0, 0.1) is 0 Å².